The minimum absolute atomic E-state index is 0.00946. The van der Waals surface area contributed by atoms with E-state index in [2.05, 4.69) is 16.0 Å². The number of amides is 3. The summed E-state index contributed by atoms with van der Waals surface area (Å²) >= 11 is 0. The van der Waals surface area contributed by atoms with E-state index < -0.39 is 66.2 Å². The van der Waals surface area contributed by atoms with E-state index in [0.717, 1.165) is 5.56 Å². The van der Waals surface area contributed by atoms with E-state index in [0.29, 0.717) is 12.0 Å². The quantitative estimate of drug-likeness (QED) is 0.153. The van der Waals surface area contributed by atoms with Crippen LogP contribution in [0.4, 0.5) is 0 Å². The second-order valence-electron chi connectivity index (χ2n) is 9.93. The minimum atomic E-state index is -1.33. The molecule has 0 fully saturated rings. The molecule has 222 valence electrons. The van der Waals surface area contributed by atoms with E-state index >= 15 is 0 Å². The second kappa shape index (κ2) is 16.0. The molecule has 2 aromatic rings. The lowest BCUT2D eigenvalue weighted by atomic mass is 9.98. The molecule has 0 radical (unpaired) electrons. The molecule has 5 unspecified atom stereocenters. The first-order valence-corrected chi connectivity index (χ1v) is 13.3. The van der Waals surface area contributed by atoms with Crippen molar-refractivity contribution in [3.63, 3.8) is 0 Å². The van der Waals surface area contributed by atoms with Crippen molar-refractivity contribution in [1.82, 2.24) is 16.0 Å². The van der Waals surface area contributed by atoms with Crippen LogP contribution < -0.4 is 21.7 Å². The van der Waals surface area contributed by atoms with Crippen molar-refractivity contribution >= 4 is 29.7 Å². The lowest BCUT2D eigenvalue weighted by molar-refractivity contribution is -0.143. The molecule has 0 aliphatic rings. The average Bonchev–Trinajstić information content (AvgIpc) is 2.94. The third kappa shape index (κ3) is 10.9. The number of nitrogens with one attached hydrogen (secondary N) is 3. The lowest BCUT2D eigenvalue weighted by Gasteiger charge is -2.26. The highest BCUT2D eigenvalue weighted by Crippen LogP contribution is 2.14. The predicted octanol–water partition coefficient (Wildman–Crippen LogP) is 0.955. The van der Waals surface area contributed by atoms with Gasteiger partial charge in [-0.05, 0) is 42.0 Å². The summed E-state index contributed by atoms with van der Waals surface area (Å²) in [6.07, 6.45) is -0.145. The number of aromatic hydroxyl groups is 1. The summed E-state index contributed by atoms with van der Waals surface area (Å²) in [6.45, 7) is 3.45. The lowest BCUT2D eigenvalue weighted by Crippen LogP contribution is -2.58. The third-order valence-electron chi connectivity index (χ3n) is 6.70. The predicted molar refractivity (Wildman–Crippen MR) is 150 cm³/mol. The van der Waals surface area contributed by atoms with Crippen LogP contribution >= 0.6 is 0 Å². The normalized spacial score (nSPS) is 14.5. The van der Waals surface area contributed by atoms with Crippen molar-refractivity contribution in [2.45, 2.75) is 70.1 Å². The maximum absolute atomic E-state index is 13.3. The molecule has 5 atom stereocenters. The van der Waals surface area contributed by atoms with E-state index in [1.807, 2.05) is 6.07 Å². The molecule has 0 heterocycles. The molecule has 3 amide bonds. The van der Waals surface area contributed by atoms with Gasteiger partial charge in [-0.25, -0.2) is 4.79 Å². The van der Waals surface area contributed by atoms with E-state index in [-0.39, 0.29) is 25.0 Å². The van der Waals surface area contributed by atoms with Crippen LogP contribution in [0.25, 0.3) is 0 Å². The number of benzene rings is 2. The Morgan fingerprint density at radius 1 is 0.780 bits per heavy atom. The van der Waals surface area contributed by atoms with Crippen LogP contribution in [0, 0.1) is 5.92 Å². The first kappa shape index (κ1) is 32.8. The first-order chi connectivity index (χ1) is 19.4. The first-order valence-electron chi connectivity index (χ1n) is 13.3. The number of phenolic OH excluding ortho intramolecular Hbond substituents is 1. The Morgan fingerprint density at radius 2 is 1.34 bits per heavy atom. The van der Waals surface area contributed by atoms with Crippen LogP contribution in [0.3, 0.4) is 0 Å². The Bertz CT molecular complexity index is 1190. The minimum Gasteiger partial charge on any atom is -0.508 e. The molecule has 0 aliphatic heterocycles. The van der Waals surface area contributed by atoms with Gasteiger partial charge in [-0.15, -0.1) is 0 Å². The number of hydrogen-bond acceptors (Lipinski definition) is 7. The molecule has 0 aromatic heterocycles. The number of carboxylic acid groups (broad SMARTS) is 2. The Hall–Kier alpha value is -4.45. The summed E-state index contributed by atoms with van der Waals surface area (Å²) in [7, 11) is 0. The Balaban J connectivity index is 2.26. The number of carbonyl (C=O) groups excluding carboxylic acids is 3. The van der Waals surface area contributed by atoms with Gasteiger partial charge < -0.3 is 37.0 Å². The van der Waals surface area contributed by atoms with Gasteiger partial charge in [0.25, 0.3) is 0 Å². The van der Waals surface area contributed by atoms with Crippen molar-refractivity contribution in [2.75, 3.05) is 0 Å². The molecule has 0 saturated heterocycles. The van der Waals surface area contributed by atoms with Crippen LogP contribution in [-0.2, 0) is 36.8 Å². The number of rotatable bonds is 16. The molecular formula is C29H38N4O8. The molecule has 41 heavy (non-hydrogen) atoms. The van der Waals surface area contributed by atoms with Gasteiger partial charge in [0, 0.05) is 12.8 Å². The highest BCUT2D eigenvalue weighted by Gasteiger charge is 2.32. The van der Waals surface area contributed by atoms with Crippen LogP contribution in [0.15, 0.2) is 54.6 Å². The summed E-state index contributed by atoms with van der Waals surface area (Å²) in [6, 6.07) is 9.99. The fourth-order valence-corrected chi connectivity index (χ4v) is 4.06. The van der Waals surface area contributed by atoms with E-state index in [1.165, 1.54) is 24.3 Å². The molecule has 2 aromatic carbocycles. The van der Waals surface area contributed by atoms with E-state index in [4.69, 9.17) is 5.73 Å². The molecule has 0 saturated carbocycles. The van der Waals surface area contributed by atoms with E-state index in [1.54, 1.807) is 38.1 Å². The fourth-order valence-electron chi connectivity index (χ4n) is 4.06. The smallest absolute Gasteiger partial charge is 0.326 e. The standard InChI is InChI=1S/C29H38N4O8/c1-3-17(2)25(29(40)41)33-28(39)23(16-19-9-11-20(34)12-10-19)32-27(38)22(13-14-24(35)36)31-26(37)21(30)15-18-7-5-4-6-8-18/h4-12,17,21-23,25,34H,3,13-16,30H2,1-2H3,(H,31,37)(H,32,38)(H,33,39)(H,35,36)(H,40,41). The molecule has 0 spiro atoms. The molecular weight excluding hydrogens is 532 g/mol. The number of phenols is 1. The summed E-state index contributed by atoms with van der Waals surface area (Å²) in [4.78, 5) is 62.5. The van der Waals surface area contributed by atoms with Gasteiger partial charge in [-0.1, -0.05) is 62.7 Å². The zero-order valence-electron chi connectivity index (χ0n) is 23.1. The fraction of sp³-hybridized carbons (Fsp3) is 0.414. The third-order valence-corrected chi connectivity index (χ3v) is 6.70. The molecule has 12 heteroatoms. The monoisotopic (exact) mass is 570 g/mol. The van der Waals surface area contributed by atoms with Crippen molar-refractivity contribution < 1.29 is 39.3 Å². The summed E-state index contributed by atoms with van der Waals surface area (Å²) in [5, 5.41) is 35.9. The Kier molecular flexibility index (Phi) is 12.8. The topological polar surface area (TPSA) is 208 Å². The highest BCUT2D eigenvalue weighted by atomic mass is 16.4. The summed E-state index contributed by atoms with van der Waals surface area (Å²) < 4.78 is 0. The number of aliphatic carboxylic acids is 2. The van der Waals surface area contributed by atoms with E-state index in [9.17, 15) is 39.3 Å². The van der Waals surface area contributed by atoms with Gasteiger partial charge in [-0.2, -0.15) is 0 Å². The maximum Gasteiger partial charge on any atom is 0.326 e. The Labute approximate surface area is 238 Å². The molecule has 2 rings (SSSR count). The van der Waals surface area contributed by atoms with Gasteiger partial charge in [-0.3, -0.25) is 19.2 Å². The van der Waals surface area contributed by atoms with Crippen molar-refractivity contribution in [2.24, 2.45) is 11.7 Å². The number of nitrogens with two attached hydrogens (primary N) is 1. The van der Waals surface area contributed by atoms with Gasteiger partial charge >= 0.3 is 11.9 Å². The number of hydrogen-bond donors (Lipinski definition) is 7. The SMILES string of the molecule is CCC(C)C(NC(=O)C(Cc1ccc(O)cc1)NC(=O)C(CCC(=O)O)NC(=O)C(N)Cc1ccccc1)C(=O)O. The maximum atomic E-state index is 13.3. The largest absolute Gasteiger partial charge is 0.508 e. The molecule has 8 N–H and O–H groups in total. The van der Waals surface area contributed by atoms with Gasteiger partial charge in [0.05, 0.1) is 6.04 Å². The summed E-state index contributed by atoms with van der Waals surface area (Å²) in [5.41, 5.74) is 7.39. The van der Waals surface area contributed by atoms with Crippen LogP contribution in [0.5, 0.6) is 5.75 Å². The molecule has 12 nitrogen and oxygen atoms in total. The second-order valence-corrected chi connectivity index (χ2v) is 9.93. The van der Waals surface area contributed by atoms with Gasteiger partial charge in [0.15, 0.2) is 0 Å². The zero-order chi connectivity index (χ0) is 30.5. The number of carbonyl (C=O) groups is 5. The van der Waals surface area contributed by atoms with Crippen molar-refractivity contribution in [1.29, 1.82) is 0 Å². The Morgan fingerprint density at radius 3 is 1.90 bits per heavy atom. The van der Waals surface area contributed by atoms with Gasteiger partial charge in [0.1, 0.15) is 23.9 Å². The van der Waals surface area contributed by atoms with Crippen LogP contribution in [0.1, 0.15) is 44.2 Å². The van der Waals surface area contributed by atoms with Gasteiger partial charge in [0.2, 0.25) is 17.7 Å². The highest BCUT2D eigenvalue weighted by molar-refractivity contribution is 5.94. The van der Waals surface area contributed by atoms with Crippen LogP contribution in [-0.4, -0.2) is 69.1 Å². The zero-order valence-corrected chi connectivity index (χ0v) is 23.1. The molecule has 0 bridgehead atoms. The average molecular weight is 571 g/mol. The van der Waals surface area contributed by atoms with Crippen molar-refractivity contribution in [3.8, 4) is 5.75 Å². The molecule has 0 aliphatic carbocycles. The van der Waals surface area contributed by atoms with Crippen molar-refractivity contribution in [3.05, 3.63) is 65.7 Å². The van der Waals surface area contributed by atoms with Crippen LogP contribution in [0.2, 0.25) is 0 Å². The summed E-state index contributed by atoms with van der Waals surface area (Å²) in [5.74, 6) is -5.13. The number of carboxylic acids is 2.